The van der Waals surface area contributed by atoms with Gasteiger partial charge in [-0.1, -0.05) is 0 Å². The number of piperidine rings is 1. The summed E-state index contributed by atoms with van der Waals surface area (Å²) in [6, 6.07) is 12.4. The molecule has 41 heavy (non-hydrogen) atoms. The zero-order valence-corrected chi connectivity index (χ0v) is 23.9. The van der Waals surface area contributed by atoms with Crippen molar-refractivity contribution in [2.75, 3.05) is 32.5 Å². The van der Waals surface area contributed by atoms with E-state index in [-0.39, 0.29) is 18.3 Å². The van der Waals surface area contributed by atoms with Crippen molar-refractivity contribution in [1.82, 2.24) is 9.88 Å². The number of alkyl halides is 4. The van der Waals surface area contributed by atoms with Crippen LogP contribution in [-0.2, 0) is 11.0 Å². The Morgan fingerprint density at radius 1 is 1.15 bits per heavy atom. The number of aliphatic carboxylic acids is 1. The maximum absolute atomic E-state index is 15.6. The smallest absolute Gasteiger partial charge is 0.416 e. The molecule has 2 heterocycles. The van der Waals surface area contributed by atoms with Crippen molar-refractivity contribution in [1.29, 1.82) is 0 Å². The standard InChI is InChI=1S/C31H36F4N2O3S/c1-40-24-7-11-29-27(19-24)26(13-15-36-29)28(32)10-3-21-14-17-37(20-22(21)4-12-30(38)39)16-2-18-41-25-8-5-23(6-9-25)31(33,34)35/h5-9,11,13,15,19,21-22,28H,2-4,10,12,14,16-18,20H2,1H3,(H,38,39)/t21-,22+,28?/m1/s1. The fourth-order valence-corrected chi connectivity index (χ4v) is 6.49. The van der Waals surface area contributed by atoms with Crippen LogP contribution in [0.4, 0.5) is 17.6 Å². The van der Waals surface area contributed by atoms with Crippen molar-refractivity contribution in [3.05, 3.63) is 65.9 Å². The van der Waals surface area contributed by atoms with Gasteiger partial charge < -0.3 is 14.7 Å². The molecular formula is C31H36F4N2O3S. The van der Waals surface area contributed by atoms with E-state index in [2.05, 4.69) is 9.88 Å². The lowest BCUT2D eigenvalue weighted by Gasteiger charge is -2.39. The number of thioether (sulfide) groups is 1. The van der Waals surface area contributed by atoms with Gasteiger partial charge in [0.25, 0.3) is 0 Å². The molecule has 5 nitrogen and oxygen atoms in total. The van der Waals surface area contributed by atoms with Gasteiger partial charge in [0.05, 0.1) is 18.2 Å². The minimum atomic E-state index is -4.33. The van der Waals surface area contributed by atoms with Crippen LogP contribution in [-0.4, -0.2) is 53.5 Å². The summed E-state index contributed by atoms with van der Waals surface area (Å²) < 4.78 is 59.2. The zero-order chi connectivity index (χ0) is 29.4. The van der Waals surface area contributed by atoms with E-state index in [1.807, 2.05) is 12.1 Å². The molecule has 1 aliphatic rings. The molecular weight excluding hydrogens is 556 g/mol. The second-order valence-corrected chi connectivity index (χ2v) is 11.8. The van der Waals surface area contributed by atoms with E-state index in [1.54, 1.807) is 25.4 Å². The van der Waals surface area contributed by atoms with Crippen LogP contribution in [0.3, 0.4) is 0 Å². The molecule has 0 radical (unpaired) electrons. The van der Waals surface area contributed by atoms with E-state index in [4.69, 9.17) is 4.74 Å². The molecule has 0 aliphatic carbocycles. The van der Waals surface area contributed by atoms with Crippen LogP contribution in [0.1, 0.15) is 55.8 Å². The minimum absolute atomic E-state index is 0.0899. The Kier molecular flexibility index (Phi) is 10.9. The number of nitrogens with zero attached hydrogens (tertiary/aromatic N) is 2. The summed E-state index contributed by atoms with van der Waals surface area (Å²) in [5.41, 5.74) is 0.666. The molecule has 1 fully saturated rings. The first-order valence-corrected chi connectivity index (χ1v) is 14.9. The molecule has 0 spiro atoms. The first-order valence-electron chi connectivity index (χ1n) is 13.9. The van der Waals surface area contributed by atoms with E-state index < -0.39 is 23.9 Å². The highest BCUT2D eigenvalue weighted by molar-refractivity contribution is 7.99. The summed E-state index contributed by atoms with van der Waals surface area (Å²) in [5, 5.41) is 10.0. The fourth-order valence-electron chi connectivity index (χ4n) is 5.66. The monoisotopic (exact) mass is 592 g/mol. The third-order valence-corrected chi connectivity index (χ3v) is 8.98. The molecule has 10 heteroatoms. The van der Waals surface area contributed by atoms with Crippen LogP contribution < -0.4 is 4.74 Å². The average molecular weight is 593 g/mol. The third-order valence-electron chi connectivity index (χ3n) is 7.88. The molecule has 0 saturated carbocycles. The number of hydrogen-bond donors (Lipinski definition) is 1. The summed E-state index contributed by atoms with van der Waals surface area (Å²) in [6.07, 6.45) is -0.435. The highest BCUT2D eigenvalue weighted by Crippen LogP contribution is 2.37. The van der Waals surface area contributed by atoms with Crippen molar-refractivity contribution in [2.45, 2.75) is 55.8 Å². The van der Waals surface area contributed by atoms with Crippen LogP contribution in [0, 0.1) is 11.8 Å². The molecule has 0 amide bonds. The fraction of sp³-hybridized carbons (Fsp3) is 0.484. The van der Waals surface area contributed by atoms with Crippen LogP contribution in [0.25, 0.3) is 10.9 Å². The Bertz CT molecular complexity index is 1290. The molecule has 1 N–H and O–H groups in total. The number of carboxylic acids is 1. The second-order valence-electron chi connectivity index (χ2n) is 10.6. The summed E-state index contributed by atoms with van der Waals surface area (Å²) in [4.78, 5) is 18.8. The number of carbonyl (C=O) groups is 1. The minimum Gasteiger partial charge on any atom is -0.497 e. The number of aromatic nitrogens is 1. The molecule has 1 unspecified atom stereocenters. The Balaban J connectivity index is 1.29. The first kappa shape index (κ1) is 31.1. The maximum Gasteiger partial charge on any atom is 0.416 e. The van der Waals surface area contributed by atoms with Gasteiger partial charge in [-0.25, -0.2) is 4.39 Å². The Labute approximate surface area is 242 Å². The van der Waals surface area contributed by atoms with Gasteiger partial charge in [0, 0.05) is 29.4 Å². The predicted molar refractivity (Wildman–Crippen MR) is 153 cm³/mol. The molecule has 4 rings (SSSR count). The van der Waals surface area contributed by atoms with Crippen molar-refractivity contribution < 1.29 is 32.2 Å². The van der Waals surface area contributed by atoms with E-state index >= 15 is 4.39 Å². The van der Waals surface area contributed by atoms with Gasteiger partial charge >= 0.3 is 12.1 Å². The van der Waals surface area contributed by atoms with Crippen LogP contribution in [0.15, 0.2) is 59.6 Å². The number of carboxylic acid groups (broad SMARTS) is 1. The lowest BCUT2D eigenvalue weighted by Crippen LogP contribution is -2.41. The first-order chi connectivity index (χ1) is 19.6. The number of fused-ring (bicyclic) bond motifs is 1. The molecule has 1 aromatic heterocycles. The third kappa shape index (κ3) is 8.82. The Hall–Kier alpha value is -2.85. The van der Waals surface area contributed by atoms with Gasteiger partial charge in [-0.2, -0.15) is 13.2 Å². The number of halogens is 4. The van der Waals surface area contributed by atoms with Crippen LogP contribution >= 0.6 is 11.8 Å². The van der Waals surface area contributed by atoms with Gasteiger partial charge in [-0.05, 0) is 117 Å². The second kappa shape index (κ2) is 14.4. The highest BCUT2D eigenvalue weighted by atomic mass is 32.2. The summed E-state index contributed by atoms with van der Waals surface area (Å²) >= 11 is 1.53. The number of likely N-dealkylation sites (tertiary alicyclic amines) is 1. The normalized spacial score (nSPS) is 18.9. The van der Waals surface area contributed by atoms with E-state index in [0.29, 0.717) is 30.6 Å². The number of methoxy groups -OCH3 is 1. The molecule has 3 atom stereocenters. The maximum atomic E-state index is 15.6. The average Bonchev–Trinajstić information content (AvgIpc) is 2.96. The number of ether oxygens (including phenoxy) is 1. The van der Waals surface area contributed by atoms with Gasteiger partial charge in [0.2, 0.25) is 0 Å². The van der Waals surface area contributed by atoms with Gasteiger partial charge in [-0.3, -0.25) is 9.78 Å². The molecule has 2 aromatic carbocycles. The summed E-state index contributed by atoms with van der Waals surface area (Å²) in [6.45, 7) is 2.47. The van der Waals surface area contributed by atoms with Crippen LogP contribution in [0.5, 0.6) is 5.75 Å². The topological polar surface area (TPSA) is 62.7 Å². The summed E-state index contributed by atoms with van der Waals surface area (Å²) in [5.74, 6) is 1.02. The lowest BCUT2D eigenvalue weighted by atomic mass is 9.79. The van der Waals surface area contributed by atoms with Crippen molar-refractivity contribution in [3.8, 4) is 5.75 Å². The van der Waals surface area contributed by atoms with Gasteiger partial charge in [0.15, 0.2) is 0 Å². The number of hydrogen-bond acceptors (Lipinski definition) is 5. The SMILES string of the molecule is COc1ccc2nccc(C(F)CC[C@@H]3CCN(CCCSc4ccc(C(F)(F)F)cc4)C[C@@H]3CCC(=O)O)c2c1. The van der Waals surface area contributed by atoms with Crippen molar-refractivity contribution in [2.24, 2.45) is 11.8 Å². The largest absolute Gasteiger partial charge is 0.497 e. The number of pyridine rings is 1. The predicted octanol–water partition coefficient (Wildman–Crippen LogP) is 8.04. The van der Waals surface area contributed by atoms with E-state index in [1.165, 1.54) is 23.9 Å². The van der Waals surface area contributed by atoms with Gasteiger partial charge in [0.1, 0.15) is 11.9 Å². The molecule has 1 aliphatic heterocycles. The van der Waals surface area contributed by atoms with Gasteiger partial charge in [-0.15, -0.1) is 11.8 Å². The lowest BCUT2D eigenvalue weighted by molar-refractivity contribution is -0.138. The van der Waals surface area contributed by atoms with Crippen molar-refractivity contribution >= 4 is 28.6 Å². The Morgan fingerprint density at radius 2 is 1.93 bits per heavy atom. The van der Waals surface area contributed by atoms with Crippen LogP contribution in [0.2, 0.25) is 0 Å². The van der Waals surface area contributed by atoms with Crippen molar-refractivity contribution in [3.63, 3.8) is 0 Å². The molecule has 1 saturated heterocycles. The molecule has 3 aromatic rings. The summed E-state index contributed by atoms with van der Waals surface area (Å²) in [7, 11) is 1.58. The molecule has 0 bridgehead atoms. The van der Waals surface area contributed by atoms with E-state index in [9.17, 15) is 23.1 Å². The highest BCUT2D eigenvalue weighted by Gasteiger charge is 2.31. The van der Waals surface area contributed by atoms with E-state index in [0.717, 1.165) is 66.2 Å². The zero-order valence-electron chi connectivity index (χ0n) is 23.1. The number of rotatable bonds is 13. The Morgan fingerprint density at radius 3 is 2.63 bits per heavy atom. The molecule has 222 valence electrons. The quantitative estimate of drug-likeness (QED) is 0.123. The number of benzene rings is 2.